The van der Waals surface area contributed by atoms with Crippen molar-refractivity contribution in [2.24, 2.45) is 0 Å². The summed E-state index contributed by atoms with van der Waals surface area (Å²) >= 11 is 0. The lowest BCUT2D eigenvalue weighted by atomic mass is 10.1. The number of nitrogens with one attached hydrogen (secondary N) is 1. The van der Waals surface area contributed by atoms with Gasteiger partial charge in [-0.25, -0.2) is 0 Å². The summed E-state index contributed by atoms with van der Waals surface area (Å²) in [4.78, 5) is 24.2. The molecule has 22 heavy (non-hydrogen) atoms. The zero-order valence-corrected chi connectivity index (χ0v) is 13.4. The Morgan fingerprint density at radius 2 is 2.14 bits per heavy atom. The second-order valence-corrected chi connectivity index (χ2v) is 5.94. The molecule has 2 aromatic heterocycles. The van der Waals surface area contributed by atoms with Gasteiger partial charge in [0.1, 0.15) is 11.7 Å². The van der Waals surface area contributed by atoms with E-state index in [1.807, 2.05) is 31.9 Å². The van der Waals surface area contributed by atoms with Crippen LogP contribution in [0.25, 0.3) is 0 Å². The van der Waals surface area contributed by atoms with E-state index >= 15 is 0 Å². The molecule has 1 aliphatic rings. The fourth-order valence-corrected chi connectivity index (χ4v) is 2.88. The first-order chi connectivity index (χ1) is 10.5. The topological polar surface area (TPSA) is 78.3 Å². The van der Waals surface area contributed by atoms with Gasteiger partial charge >= 0.3 is 0 Å². The summed E-state index contributed by atoms with van der Waals surface area (Å²) in [6.45, 7) is 7.72. The monoisotopic (exact) mass is 303 g/mol. The maximum Gasteiger partial charge on any atom is 0.270 e. The minimum absolute atomic E-state index is 0.0277. The first-order valence-corrected chi connectivity index (χ1v) is 7.41. The highest BCUT2D eigenvalue weighted by atomic mass is 16.5. The van der Waals surface area contributed by atoms with E-state index in [1.165, 1.54) is 0 Å². The molecule has 0 aromatic carbocycles. The van der Waals surface area contributed by atoms with Crippen LogP contribution in [0.15, 0.2) is 10.6 Å². The molecule has 1 aliphatic heterocycles. The smallest absolute Gasteiger partial charge is 0.270 e. The van der Waals surface area contributed by atoms with Gasteiger partial charge in [-0.15, -0.1) is 0 Å². The average Bonchev–Trinajstić information content (AvgIpc) is 3.04. The molecule has 1 fully saturated rings. The minimum atomic E-state index is -0.0599. The zero-order chi connectivity index (χ0) is 15.9. The predicted octanol–water partition coefficient (Wildman–Crippen LogP) is 1.45. The van der Waals surface area contributed by atoms with Crippen LogP contribution < -0.4 is 0 Å². The van der Waals surface area contributed by atoms with E-state index in [9.17, 15) is 4.79 Å². The third-order valence-electron chi connectivity index (χ3n) is 4.13. The van der Waals surface area contributed by atoms with E-state index in [-0.39, 0.29) is 11.9 Å². The van der Waals surface area contributed by atoms with Crippen LogP contribution in [-0.2, 0) is 0 Å². The highest BCUT2D eigenvalue weighted by molar-refractivity contribution is 5.94. The molecular formula is C15H21N5O2. The maximum atomic E-state index is 12.7. The van der Waals surface area contributed by atoms with Crippen LogP contribution in [0.3, 0.4) is 0 Å². The van der Waals surface area contributed by atoms with Crippen LogP contribution in [0.5, 0.6) is 0 Å². The maximum absolute atomic E-state index is 12.7. The van der Waals surface area contributed by atoms with E-state index in [0.717, 1.165) is 17.8 Å². The Morgan fingerprint density at radius 1 is 1.36 bits per heavy atom. The van der Waals surface area contributed by atoms with Gasteiger partial charge in [-0.05, 0) is 39.4 Å². The van der Waals surface area contributed by atoms with E-state index in [1.54, 1.807) is 6.92 Å². The lowest BCUT2D eigenvalue weighted by molar-refractivity contribution is 0.0483. The van der Waals surface area contributed by atoms with Crippen molar-refractivity contribution in [2.75, 3.05) is 26.7 Å². The molecule has 0 radical (unpaired) electrons. The molecule has 1 saturated heterocycles. The lowest BCUT2D eigenvalue weighted by Crippen LogP contribution is -2.49. The molecule has 1 unspecified atom stereocenters. The quantitative estimate of drug-likeness (QED) is 0.908. The first-order valence-electron chi connectivity index (χ1n) is 7.41. The summed E-state index contributed by atoms with van der Waals surface area (Å²) in [6, 6.07) is 1.93. The number of H-pyrrole nitrogens is 1. The fourth-order valence-electron chi connectivity index (χ4n) is 2.88. The molecule has 3 heterocycles. The largest absolute Gasteiger partial charge is 0.354 e. The number of carbonyl (C=O) groups is 1. The summed E-state index contributed by atoms with van der Waals surface area (Å²) in [5.74, 6) is 1.21. The number of carbonyl (C=O) groups excluding carboxylic acids is 1. The van der Waals surface area contributed by atoms with Crippen LogP contribution in [0, 0.1) is 20.8 Å². The molecule has 0 bridgehead atoms. The van der Waals surface area contributed by atoms with Crippen molar-refractivity contribution in [2.45, 2.75) is 26.8 Å². The molecule has 0 saturated carbocycles. The van der Waals surface area contributed by atoms with Gasteiger partial charge in [-0.2, -0.15) is 4.98 Å². The van der Waals surface area contributed by atoms with Crippen LogP contribution in [0.2, 0.25) is 0 Å². The highest BCUT2D eigenvalue weighted by Crippen LogP contribution is 2.24. The number of aromatic nitrogens is 3. The molecular weight excluding hydrogens is 282 g/mol. The second kappa shape index (κ2) is 5.57. The number of nitrogens with zero attached hydrogens (tertiary/aromatic N) is 4. The van der Waals surface area contributed by atoms with Crippen LogP contribution in [0.4, 0.5) is 0 Å². The van der Waals surface area contributed by atoms with E-state index in [4.69, 9.17) is 4.52 Å². The number of aryl methyl sites for hydroxylation is 3. The van der Waals surface area contributed by atoms with Gasteiger partial charge < -0.3 is 14.4 Å². The number of aromatic amines is 1. The van der Waals surface area contributed by atoms with Gasteiger partial charge in [0.15, 0.2) is 5.82 Å². The Hall–Kier alpha value is -2.15. The third-order valence-corrected chi connectivity index (χ3v) is 4.13. The van der Waals surface area contributed by atoms with Crippen molar-refractivity contribution < 1.29 is 9.32 Å². The van der Waals surface area contributed by atoms with Gasteiger partial charge in [0.25, 0.3) is 5.91 Å². The average molecular weight is 303 g/mol. The first kappa shape index (κ1) is 14.8. The molecule has 0 aliphatic carbocycles. The second-order valence-electron chi connectivity index (χ2n) is 5.94. The molecule has 1 atom stereocenters. The van der Waals surface area contributed by atoms with Crippen molar-refractivity contribution in [1.82, 2.24) is 24.9 Å². The number of hydrogen-bond donors (Lipinski definition) is 1. The number of amides is 1. The zero-order valence-electron chi connectivity index (χ0n) is 13.4. The van der Waals surface area contributed by atoms with Crippen molar-refractivity contribution in [3.05, 3.63) is 34.7 Å². The standard InChI is InChI=1S/C15H21N5O2/c1-9-7-10(2)16-13(9)15(21)20-6-5-19(4)12(8-20)14-17-11(3)18-22-14/h7,12,16H,5-6,8H2,1-4H3. The Bertz CT molecular complexity index is 690. The number of hydrogen-bond acceptors (Lipinski definition) is 5. The van der Waals surface area contributed by atoms with Crippen LogP contribution in [-0.4, -0.2) is 57.5 Å². The third kappa shape index (κ3) is 2.64. The highest BCUT2D eigenvalue weighted by Gasteiger charge is 2.33. The van der Waals surface area contributed by atoms with Gasteiger partial charge in [0.05, 0.1) is 0 Å². The summed E-state index contributed by atoms with van der Waals surface area (Å²) < 4.78 is 5.29. The van der Waals surface area contributed by atoms with E-state index in [0.29, 0.717) is 30.5 Å². The van der Waals surface area contributed by atoms with E-state index < -0.39 is 0 Å². The Morgan fingerprint density at radius 3 is 2.73 bits per heavy atom. The molecule has 1 amide bonds. The van der Waals surface area contributed by atoms with Crippen molar-refractivity contribution >= 4 is 5.91 Å². The Kier molecular flexibility index (Phi) is 3.74. The Labute approximate surface area is 129 Å². The van der Waals surface area contributed by atoms with Gasteiger partial charge in [-0.1, -0.05) is 5.16 Å². The summed E-state index contributed by atoms with van der Waals surface area (Å²) in [6.07, 6.45) is 0. The molecule has 3 rings (SSSR count). The van der Waals surface area contributed by atoms with Gasteiger partial charge in [-0.3, -0.25) is 9.69 Å². The molecule has 1 N–H and O–H groups in total. The Balaban J connectivity index is 1.81. The van der Waals surface area contributed by atoms with Crippen LogP contribution >= 0.6 is 0 Å². The SMILES string of the molecule is Cc1noc(C2CN(C(=O)c3[nH]c(C)cc3C)CCN2C)n1. The van der Waals surface area contributed by atoms with Gasteiger partial charge in [0, 0.05) is 25.3 Å². The lowest BCUT2D eigenvalue weighted by Gasteiger charge is -2.37. The summed E-state index contributed by atoms with van der Waals surface area (Å²) in [7, 11) is 2.01. The number of likely N-dealkylation sites (N-methyl/N-ethyl adjacent to an activating group) is 1. The molecule has 0 spiro atoms. The van der Waals surface area contributed by atoms with Crippen molar-refractivity contribution in [3.8, 4) is 0 Å². The number of rotatable bonds is 2. The van der Waals surface area contributed by atoms with Crippen LogP contribution in [0.1, 0.15) is 39.5 Å². The van der Waals surface area contributed by atoms with E-state index in [2.05, 4.69) is 20.0 Å². The molecule has 2 aromatic rings. The number of piperazine rings is 1. The molecule has 7 nitrogen and oxygen atoms in total. The minimum Gasteiger partial charge on any atom is -0.354 e. The summed E-state index contributed by atoms with van der Waals surface area (Å²) in [5.41, 5.74) is 2.65. The van der Waals surface area contributed by atoms with Crippen molar-refractivity contribution in [1.29, 1.82) is 0 Å². The van der Waals surface area contributed by atoms with Gasteiger partial charge in [0.2, 0.25) is 5.89 Å². The predicted molar refractivity (Wildman–Crippen MR) is 80.6 cm³/mol. The fraction of sp³-hybridized carbons (Fsp3) is 0.533. The molecule has 7 heteroatoms. The van der Waals surface area contributed by atoms with Crippen molar-refractivity contribution in [3.63, 3.8) is 0 Å². The molecule has 118 valence electrons. The summed E-state index contributed by atoms with van der Waals surface area (Å²) in [5, 5.41) is 3.85. The normalized spacial score (nSPS) is 19.6.